The van der Waals surface area contributed by atoms with Crippen LogP contribution in [-0.2, 0) is 4.79 Å². The number of rotatable bonds is 3. The quantitative estimate of drug-likeness (QED) is 0.505. The van der Waals surface area contributed by atoms with Crippen molar-refractivity contribution in [1.82, 2.24) is 4.90 Å². The van der Waals surface area contributed by atoms with Crippen molar-refractivity contribution in [3.8, 4) is 0 Å². The van der Waals surface area contributed by atoms with Crippen LogP contribution in [0.3, 0.4) is 0 Å². The maximum Gasteiger partial charge on any atom is 0.471 e. The average Bonchev–Trinajstić information content (AvgIpc) is 1.96. The zero-order chi connectivity index (χ0) is 10.6. The summed E-state index contributed by atoms with van der Waals surface area (Å²) in [5.41, 5.74) is 4.91. The zero-order valence-electron chi connectivity index (χ0n) is 6.98. The van der Waals surface area contributed by atoms with Crippen molar-refractivity contribution in [3.05, 3.63) is 0 Å². The van der Waals surface area contributed by atoms with Gasteiger partial charge in [0.25, 0.3) is 0 Å². The van der Waals surface area contributed by atoms with Gasteiger partial charge in [-0.25, -0.2) is 0 Å². The van der Waals surface area contributed by atoms with Crippen LogP contribution in [0, 0.1) is 5.41 Å². The second-order valence-electron chi connectivity index (χ2n) is 2.50. The van der Waals surface area contributed by atoms with Crippen molar-refractivity contribution in [1.29, 1.82) is 5.41 Å². The number of amides is 1. The Hall–Kier alpha value is -1.27. The van der Waals surface area contributed by atoms with E-state index in [2.05, 4.69) is 0 Å². The fourth-order valence-electron chi connectivity index (χ4n) is 0.606. The Balaban J connectivity index is 4.05. The molecule has 0 aromatic carbocycles. The maximum absolute atomic E-state index is 11.7. The van der Waals surface area contributed by atoms with E-state index >= 15 is 0 Å². The molecular weight excluding hydrogens is 187 g/mol. The first kappa shape index (κ1) is 11.7. The minimum absolute atomic E-state index is 0.0572. The van der Waals surface area contributed by atoms with E-state index in [1.54, 1.807) is 0 Å². The maximum atomic E-state index is 11.7. The highest BCUT2D eigenvalue weighted by molar-refractivity contribution is 5.82. The molecule has 0 fully saturated rings. The van der Waals surface area contributed by atoms with Crippen LogP contribution in [0.25, 0.3) is 0 Å². The fourth-order valence-corrected chi connectivity index (χ4v) is 0.606. The van der Waals surface area contributed by atoms with Crippen molar-refractivity contribution < 1.29 is 18.0 Å². The normalized spacial score (nSPS) is 11.1. The van der Waals surface area contributed by atoms with Crippen LogP contribution in [0.4, 0.5) is 13.2 Å². The van der Waals surface area contributed by atoms with Gasteiger partial charge in [0.2, 0.25) is 0 Å². The van der Waals surface area contributed by atoms with E-state index in [-0.39, 0.29) is 18.8 Å². The van der Waals surface area contributed by atoms with Gasteiger partial charge in [-0.1, -0.05) is 0 Å². The summed E-state index contributed by atoms with van der Waals surface area (Å²) in [5.74, 6) is -2.17. The van der Waals surface area contributed by atoms with Crippen LogP contribution in [0.15, 0.2) is 0 Å². The molecule has 0 saturated heterocycles. The average molecular weight is 197 g/mol. The zero-order valence-corrected chi connectivity index (χ0v) is 6.98. The minimum Gasteiger partial charge on any atom is -0.388 e. The number of halogens is 3. The Labute approximate surface area is 73.0 Å². The molecule has 0 bridgehead atoms. The molecule has 0 aliphatic heterocycles. The summed E-state index contributed by atoms with van der Waals surface area (Å²) in [4.78, 5) is 11.0. The molecular formula is C6H10F3N3O. The smallest absolute Gasteiger partial charge is 0.388 e. The second kappa shape index (κ2) is 4.11. The van der Waals surface area contributed by atoms with Crippen LogP contribution in [0.1, 0.15) is 6.42 Å². The summed E-state index contributed by atoms with van der Waals surface area (Å²) in [6.45, 7) is -0.201. The molecule has 0 atom stereocenters. The molecule has 0 aliphatic carbocycles. The van der Waals surface area contributed by atoms with Crippen molar-refractivity contribution >= 4 is 11.7 Å². The van der Waals surface area contributed by atoms with Gasteiger partial charge >= 0.3 is 12.1 Å². The number of carbonyl (C=O) groups excluding carboxylic acids is 1. The van der Waals surface area contributed by atoms with E-state index in [4.69, 9.17) is 11.1 Å². The van der Waals surface area contributed by atoms with Crippen molar-refractivity contribution in [3.63, 3.8) is 0 Å². The van der Waals surface area contributed by atoms with Crippen LogP contribution in [-0.4, -0.2) is 36.4 Å². The third-order valence-corrected chi connectivity index (χ3v) is 1.31. The second-order valence-corrected chi connectivity index (χ2v) is 2.50. The number of nitrogens with zero attached hydrogens (tertiary/aromatic N) is 1. The summed E-state index contributed by atoms with van der Waals surface area (Å²) in [6.07, 6.45) is -4.91. The third kappa shape index (κ3) is 4.34. The van der Waals surface area contributed by atoms with Crippen LogP contribution in [0.5, 0.6) is 0 Å². The van der Waals surface area contributed by atoms with Crippen molar-refractivity contribution in [2.45, 2.75) is 12.6 Å². The predicted octanol–water partition coefficient (Wildman–Crippen LogP) is 0.333. The first-order valence-electron chi connectivity index (χ1n) is 3.40. The molecule has 76 valence electrons. The minimum atomic E-state index is -4.86. The molecule has 0 radical (unpaired) electrons. The van der Waals surface area contributed by atoms with E-state index in [0.29, 0.717) is 4.90 Å². The van der Waals surface area contributed by atoms with E-state index in [9.17, 15) is 18.0 Å². The summed E-state index contributed by atoms with van der Waals surface area (Å²) in [5, 5.41) is 6.74. The lowest BCUT2D eigenvalue weighted by molar-refractivity contribution is -0.183. The van der Waals surface area contributed by atoms with E-state index in [0.717, 1.165) is 7.05 Å². The molecule has 0 heterocycles. The van der Waals surface area contributed by atoms with Crippen molar-refractivity contribution in [2.75, 3.05) is 13.6 Å². The lowest BCUT2D eigenvalue weighted by Gasteiger charge is -2.17. The Morgan fingerprint density at radius 1 is 1.54 bits per heavy atom. The Morgan fingerprint density at radius 2 is 2.00 bits per heavy atom. The number of amidine groups is 1. The SMILES string of the molecule is CN(CCC(=N)N)C(=O)C(F)(F)F. The van der Waals surface area contributed by atoms with Gasteiger partial charge in [-0.15, -0.1) is 0 Å². The molecule has 4 nitrogen and oxygen atoms in total. The molecule has 0 rings (SSSR count). The Bertz CT molecular complexity index is 214. The molecule has 0 spiro atoms. The van der Waals surface area contributed by atoms with Gasteiger partial charge in [0.05, 0.1) is 5.84 Å². The number of hydrogen-bond acceptors (Lipinski definition) is 2. The molecule has 0 saturated carbocycles. The van der Waals surface area contributed by atoms with E-state index < -0.39 is 12.1 Å². The first-order chi connectivity index (χ1) is 5.75. The van der Waals surface area contributed by atoms with Gasteiger partial charge < -0.3 is 10.6 Å². The predicted molar refractivity (Wildman–Crippen MR) is 40.2 cm³/mol. The highest BCUT2D eigenvalue weighted by Crippen LogP contribution is 2.17. The summed E-state index contributed by atoms with van der Waals surface area (Å²) in [7, 11) is 1.01. The molecule has 13 heavy (non-hydrogen) atoms. The van der Waals surface area contributed by atoms with Crippen molar-refractivity contribution in [2.24, 2.45) is 5.73 Å². The number of hydrogen-bond donors (Lipinski definition) is 2. The van der Waals surface area contributed by atoms with Gasteiger partial charge in [0, 0.05) is 20.0 Å². The van der Waals surface area contributed by atoms with Gasteiger partial charge in [0.15, 0.2) is 0 Å². The lowest BCUT2D eigenvalue weighted by atomic mass is 10.3. The Morgan fingerprint density at radius 3 is 2.31 bits per heavy atom. The fraction of sp³-hybridized carbons (Fsp3) is 0.667. The molecule has 7 heteroatoms. The summed E-state index contributed by atoms with van der Waals surface area (Å²) in [6, 6.07) is 0. The highest BCUT2D eigenvalue weighted by Gasteiger charge is 2.40. The van der Waals surface area contributed by atoms with Gasteiger partial charge in [0.1, 0.15) is 0 Å². The van der Waals surface area contributed by atoms with Crippen LogP contribution in [0.2, 0.25) is 0 Å². The molecule has 1 amide bonds. The third-order valence-electron chi connectivity index (χ3n) is 1.31. The van der Waals surface area contributed by atoms with E-state index in [1.807, 2.05) is 0 Å². The molecule has 0 aromatic rings. The number of carbonyl (C=O) groups is 1. The van der Waals surface area contributed by atoms with Gasteiger partial charge in [-0.05, 0) is 0 Å². The highest BCUT2D eigenvalue weighted by atomic mass is 19.4. The van der Waals surface area contributed by atoms with E-state index in [1.165, 1.54) is 0 Å². The molecule has 0 unspecified atom stereocenters. The monoisotopic (exact) mass is 197 g/mol. The standard InChI is InChI=1S/C6H10F3N3O/c1-12(3-2-4(10)11)5(13)6(7,8)9/h2-3H2,1H3,(H3,10,11). The molecule has 3 N–H and O–H groups in total. The topological polar surface area (TPSA) is 70.2 Å². The summed E-state index contributed by atoms with van der Waals surface area (Å²) >= 11 is 0. The number of nitrogens with one attached hydrogen (secondary N) is 1. The Kier molecular flexibility index (Phi) is 3.70. The molecule has 0 aliphatic rings. The largest absolute Gasteiger partial charge is 0.471 e. The lowest BCUT2D eigenvalue weighted by Crippen LogP contribution is -2.39. The summed E-state index contributed by atoms with van der Waals surface area (Å²) < 4.78 is 35.2. The van der Waals surface area contributed by atoms with Gasteiger partial charge in [-0.3, -0.25) is 10.2 Å². The molecule has 0 aromatic heterocycles. The first-order valence-corrected chi connectivity index (χ1v) is 3.40. The van der Waals surface area contributed by atoms with Crippen LogP contribution >= 0.6 is 0 Å². The number of nitrogens with two attached hydrogens (primary N) is 1. The van der Waals surface area contributed by atoms with Gasteiger partial charge in [-0.2, -0.15) is 13.2 Å². The van der Waals surface area contributed by atoms with Crippen LogP contribution < -0.4 is 5.73 Å². The number of alkyl halides is 3.